The SMILES string of the molecule is COc1cccc(-c2nc(Oc3ccccc3)c3c(O)ccn3n2)n1. The van der Waals surface area contributed by atoms with E-state index in [9.17, 15) is 5.11 Å². The van der Waals surface area contributed by atoms with Crippen molar-refractivity contribution in [3.05, 3.63) is 60.8 Å². The van der Waals surface area contributed by atoms with E-state index < -0.39 is 0 Å². The van der Waals surface area contributed by atoms with Crippen molar-refractivity contribution in [2.24, 2.45) is 0 Å². The van der Waals surface area contributed by atoms with Crippen molar-refractivity contribution in [3.63, 3.8) is 0 Å². The molecule has 0 aliphatic rings. The molecule has 0 spiro atoms. The lowest BCUT2D eigenvalue weighted by Gasteiger charge is -2.09. The van der Waals surface area contributed by atoms with E-state index >= 15 is 0 Å². The van der Waals surface area contributed by atoms with Crippen LogP contribution in [0.1, 0.15) is 0 Å². The van der Waals surface area contributed by atoms with Gasteiger partial charge in [-0.1, -0.05) is 24.3 Å². The van der Waals surface area contributed by atoms with Crippen molar-refractivity contribution in [2.75, 3.05) is 7.11 Å². The summed E-state index contributed by atoms with van der Waals surface area (Å²) in [6.07, 6.45) is 1.63. The summed E-state index contributed by atoms with van der Waals surface area (Å²) in [5, 5.41) is 14.5. The number of fused-ring (bicyclic) bond motifs is 1. The number of aromatic hydroxyl groups is 1. The summed E-state index contributed by atoms with van der Waals surface area (Å²) in [7, 11) is 1.55. The number of rotatable bonds is 4. The van der Waals surface area contributed by atoms with Gasteiger partial charge in [0.25, 0.3) is 5.88 Å². The lowest BCUT2D eigenvalue weighted by molar-refractivity contribution is 0.398. The molecule has 0 saturated carbocycles. The number of nitrogens with zero attached hydrogens (tertiary/aromatic N) is 4. The highest BCUT2D eigenvalue weighted by atomic mass is 16.5. The van der Waals surface area contributed by atoms with Crippen molar-refractivity contribution in [1.82, 2.24) is 19.6 Å². The number of para-hydroxylation sites is 1. The van der Waals surface area contributed by atoms with Crippen molar-refractivity contribution in [3.8, 4) is 34.8 Å². The Kier molecular flexibility index (Phi) is 3.66. The van der Waals surface area contributed by atoms with Crippen LogP contribution in [0.5, 0.6) is 23.3 Å². The van der Waals surface area contributed by atoms with Crippen molar-refractivity contribution in [2.45, 2.75) is 0 Å². The maximum atomic E-state index is 10.1. The highest BCUT2D eigenvalue weighted by Gasteiger charge is 2.16. The third-order valence-corrected chi connectivity index (χ3v) is 3.58. The van der Waals surface area contributed by atoms with Crippen LogP contribution in [0.3, 0.4) is 0 Å². The molecule has 4 aromatic rings. The van der Waals surface area contributed by atoms with Crippen LogP contribution < -0.4 is 9.47 Å². The van der Waals surface area contributed by atoms with Crippen LogP contribution in [-0.4, -0.2) is 31.8 Å². The summed E-state index contributed by atoms with van der Waals surface area (Å²) < 4.78 is 12.5. The molecule has 0 atom stereocenters. The summed E-state index contributed by atoms with van der Waals surface area (Å²) >= 11 is 0. The van der Waals surface area contributed by atoms with Crippen molar-refractivity contribution >= 4 is 5.52 Å². The van der Waals surface area contributed by atoms with Gasteiger partial charge in [-0.25, -0.2) is 9.50 Å². The molecule has 1 N–H and O–H groups in total. The Balaban J connectivity index is 1.86. The number of aromatic nitrogens is 4. The first-order valence-electron chi connectivity index (χ1n) is 7.57. The zero-order valence-corrected chi connectivity index (χ0v) is 13.3. The van der Waals surface area contributed by atoms with Gasteiger partial charge in [0.2, 0.25) is 11.7 Å². The Morgan fingerprint density at radius 1 is 0.960 bits per heavy atom. The molecular weight excluding hydrogens is 320 g/mol. The molecule has 0 saturated heterocycles. The number of hydrogen-bond acceptors (Lipinski definition) is 6. The van der Waals surface area contributed by atoms with Gasteiger partial charge >= 0.3 is 0 Å². The van der Waals surface area contributed by atoms with E-state index in [2.05, 4.69) is 15.1 Å². The fourth-order valence-corrected chi connectivity index (χ4v) is 2.41. The molecule has 0 unspecified atom stereocenters. The summed E-state index contributed by atoms with van der Waals surface area (Å²) in [6, 6.07) is 16.1. The maximum absolute atomic E-state index is 10.1. The molecule has 0 aliphatic heterocycles. The monoisotopic (exact) mass is 334 g/mol. The van der Waals surface area contributed by atoms with Gasteiger partial charge in [0.1, 0.15) is 17.2 Å². The minimum atomic E-state index is 0.0380. The first-order chi connectivity index (χ1) is 12.2. The smallest absolute Gasteiger partial charge is 0.251 e. The van der Waals surface area contributed by atoms with E-state index in [0.29, 0.717) is 28.7 Å². The summed E-state index contributed by atoms with van der Waals surface area (Å²) in [5.41, 5.74) is 0.919. The van der Waals surface area contributed by atoms with E-state index in [1.165, 1.54) is 10.6 Å². The first kappa shape index (κ1) is 14.9. The lowest BCUT2D eigenvalue weighted by Crippen LogP contribution is -2.02. The van der Waals surface area contributed by atoms with E-state index in [0.717, 1.165) is 0 Å². The standard InChI is InChI=1S/C18H14N4O3/c1-24-15-9-5-8-13(19-15)17-20-18(25-12-6-3-2-4-7-12)16-14(23)10-11-22(16)21-17/h2-11,23H,1H3. The minimum absolute atomic E-state index is 0.0380. The number of hydrogen-bond donors (Lipinski definition) is 1. The van der Waals surface area contributed by atoms with Gasteiger partial charge in [-0.2, -0.15) is 4.98 Å². The van der Waals surface area contributed by atoms with Gasteiger partial charge in [0, 0.05) is 18.3 Å². The molecule has 0 fully saturated rings. The van der Waals surface area contributed by atoms with E-state index in [1.54, 1.807) is 31.5 Å². The molecule has 3 heterocycles. The first-order valence-corrected chi connectivity index (χ1v) is 7.57. The molecular formula is C18H14N4O3. The van der Waals surface area contributed by atoms with Gasteiger partial charge in [-0.15, -0.1) is 5.10 Å². The molecule has 7 nitrogen and oxygen atoms in total. The summed E-state index contributed by atoms with van der Waals surface area (Å²) in [6.45, 7) is 0. The van der Waals surface area contributed by atoms with Crippen LogP contribution in [0.2, 0.25) is 0 Å². The quantitative estimate of drug-likeness (QED) is 0.617. The Hall–Kier alpha value is -3.61. The highest BCUT2D eigenvalue weighted by Crippen LogP contribution is 2.32. The predicted octanol–water partition coefficient (Wildman–Crippen LogP) is 3.30. The lowest BCUT2D eigenvalue weighted by atomic mass is 10.3. The van der Waals surface area contributed by atoms with E-state index in [1.807, 2.05) is 30.3 Å². The van der Waals surface area contributed by atoms with Crippen LogP contribution in [0, 0.1) is 0 Å². The van der Waals surface area contributed by atoms with Gasteiger partial charge < -0.3 is 14.6 Å². The minimum Gasteiger partial charge on any atom is -0.505 e. The largest absolute Gasteiger partial charge is 0.505 e. The Morgan fingerprint density at radius 2 is 1.80 bits per heavy atom. The second kappa shape index (κ2) is 6.12. The topological polar surface area (TPSA) is 81.8 Å². The average molecular weight is 334 g/mol. The third kappa shape index (κ3) is 2.83. The van der Waals surface area contributed by atoms with Gasteiger partial charge in [0.05, 0.1) is 7.11 Å². The highest BCUT2D eigenvalue weighted by molar-refractivity contribution is 5.69. The second-order valence-electron chi connectivity index (χ2n) is 5.22. The second-order valence-corrected chi connectivity index (χ2v) is 5.22. The zero-order valence-electron chi connectivity index (χ0n) is 13.3. The number of methoxy groups -OCH3 is 1. The Bertz CT molecular complexity index is 1030. The third-order valence-electron chi connectivity index (χ3n) is 3.58. The van der Waals surface area contributed by atoms with Crippen molar-refractivity contribution in [1.29, 1.82) is 0 Å². The van der Waals surface area contributed by atoms with Crippen LogP contribution >= 0.6 is 0 Å². The fourth-order valence-electron chi connectivity index (χ4n) is 2.41. The van der Waals surface area contributed by atoms with Gasteiger partial charge in [-0.3, -0.25) is 0 Å². The van der Waals surface area contributed by atoms with E-state index in [4.69, 9.17) is 9.47 Å². The fraction of sp³-hybridized carbons (Fsp3) is 0.0556. The predicted molar refractivity (Wildman–Crippen MR) is 91.0 cm³/mol. The molecule has 0 aliphatic carbocycles. The molecule has 0 radical (unpaired) electrons. The molecule has 25 heavy (non-hydrogen) atoms. The van der Waals surface area contributed by atoms with Gasteiger partial charge in [-0.05, 0) is 18.2 Å². The van der Waals surface area contributed by atoms with Crippen LogP contribution in [0.4, 0.5) is 0 Å². The molecule has 0 bridgehead atoms. The Labute approximate surface area is 143 Å². The summed E-state index contributed by atoms with van der Waals surface area (Å²) in [4.78, 5) is 8.79. The normalized spacial score (nSPS) is 10.8. The van der Waals surface area contributed by atoms with Crippen LogP contribution in [0.15, 0.2) is 60.8 Å². The van der Waals surface area contributed by atoms with E-state index in [-0.39, 0.29) is 11.6 Å². The molecule has 1 aromatic carbocycles. The van der Waals surface area contributed by atoms with Crippen molar-refractivity contribution < 1.29 is 14.6 Å². The number of benzene rings is 1. The molecule has 3 aromatic heterocycles. The Morgan fingerprint density at radius 3 is 2.60 bits per heavy atom. The molecule has 7 heteroatoms. The average Bonchev–Trinajstić information content (AvgIpc) is 3.04. The number of pyridine rings is 1. The zero-order chi connectivity index (χ0) is 17.2. The molecule has 124 valence electrons. The maximum Gasteiger partial charge on any atom is 0.251 e. The van der Waals surface area contributed by atoms with Gasteiger partial charge in [0.15, 0.2) is 5.52 Å². The molecule has 4 rings (SSSR count). The van der Waals surface area contributed by atoms with Crippen LogP contribution in [0.25, 0.3) is 17.0 Å². The summed E-state index contributed by atoms with van der Waals surface area (Å²) in [5.74, 6) is 1.70. The number of ether oxygens (including phenoxy) is 2. The van der Waals surface area contributed by atoms with Crippen LogP contribution in [-0.2, 0) is 0 Å². The molecule has 0 amide bonds.